The van der Waals surface area contributed by atoms with Crippen LogP contribution in [0.25, 0.3) is 11.3 Å². The molecule has 5 rings (SSSR count). The molecule has 1 N–H and O–H groups in total. The molecule has 1 aliphatic rings. The first-order chi connectivity index (χ1) is 15.2. The molecular weight excluding hydrogens is 402 g/mol. The summed E-state index contributed by atoms with van der Waals surface area (Å²) in [6.07, 6.45) is 2.81. The summed E-state index contributed by atoms with van der Waals surface area (Å²) in [5.41, 5.74) is 4.32. The van der Waals surface area contributed by atoms with Crippen molar-refractivity contribution in [3.05, 3.63) is 108 Å². The number of benzene rings is 2. The lowest BCUT2D eigenvalue weighted by Crippen LogP contribution is -2.29. The van der Waals surface area contributed by atoms with E-state index >= 15 is 0 Å². The Morgan fingerprint density at radius 2 is 1.71 bits per heavy atom. The highest BCUT2D eigenvalue weighted by atomic mass is 32.1. The maximum absolute atomic E-state index is 6.38. The number of hydrogen-bond acceptors (Lipinski definition) is 3. The molecule has 2 atom stereocenters. The lowest BCUT2D eigenvalue weighted by Gasteiger charge is -2.26. The third-order valence-corrected chi connectivity index (χ3v) is 6.01. The molecule has 5 heteroatoms. The van der Waals surface area contributed by atoms with Gasteiger partial charge in [-0.2, -0.15) is 0 Å². The second-order valence-electron chi connectivity index (χ2n) is 7.58. The maximum Gasteiger partial charge on any atom is 0.174 e. The van der Waals surface area contributed by atoms with Crippen LogP contribution in [0.4, 0.5) is 5.69 Å². The van der Waals surface area contributed by atoms with E-state index in [0.29, 0.717) is 5.11 Å². The Kier molecular flexibility index (Phi) is 5.26. The Balaban J connectivity index is 1.58. The van der Waals surface area contributed by atoms with Crippen molar-refractivity contribution in [2.24, 2.45) is 0 Å². The molecule has 0 spiro atoms. The molecule has 2 aromatic heterocycles. The molecule has 0 aliphatic carbocycles. The van der Waals surface area contributed by atoms with Gasteiger partial charge in [-0.05, 0) is 60.6 Å². The third-order valence-electron chi connectivity index (χ3n) is 5.70. The topological polar surface area (TPSA) is 41.3 Å². The summed E-state index contributed by atoms with van der Waals surface area (Å²) >= 11 is 5.78. The molecule has 1 aliphatic heterocycles. The predicted molar refractivity (Wildman–Crippen MR) is 128 cm³/mol. The second-order valence-corrected chi connectivity index (χ2v) is 7.97. The average Bonchev–Trinajstić information content (AvgIpc) is 3.45. The van der Waals surface area contributed by atoms with Crippen LogP contribution in [0.1, 0.15) is 36.0 Å². The standard InChI is InChI=1S/C26H23N3OS/c1-2-18-11-13-20(14-12-18)29-25(24(28-26(29)31)21-10-6-7-17-27-21)23-16-15-22(30-23)19-8-4-3-5-9-19/h3-17,24-25H,2H2,1H3,(H,28,31)/t24-,25-/m1/s1. The van der Waals surface area contributed by atoms with Crippen LogP contribution in [0.5, 0.6) is 0 Å². The van der Waals surface area contributed by atoms with E-state index in [1.165, 1.54) is 5.56 Å². The van der Waals surface area contributed by atoms with Crippen LogP contribution in [-0.4, -0.2) is 10.1 Å². The number of aryl methyl sites for hydroxylation is 1. The molecule has 1 saturated heterocycles. The van der Waals surface area contributed by atoms with Crippen molar-refractivity contribution in [3.8, 4) is 11.3 Å². The third kappa shape index (κ3) is 3.73. The number of nitrogens with one attached hydrogen (secondary N) is 1. The molecule has 4 nitrogen and oxygen atoms in total. The molecule has 31 heavy (non-hydrogen) atoms. The van der Waals surface area contributed by atoms with Gasteiger partial charge in [-0.15, -0.1) is 0 Å². The first-order valence-corrected chi connectivity index (χ1v) is 10.9. The van der Waals surface area contributed by atoms with Crippen molar-refractivity contribution in [1.29, 1.82) is 0 Å². The van der Waals surface area contributed by atoms with Crippen molar-refractivity contribution in [2.45, 2.75) is 25.4 Å². The summed E-state index contributed by atoms with van der Waals surface area (Å²) in [4.78, 5) is 6.74. The minimum absolute atomic E-state index is 0.116. The fourth-order valence-electron chi connectivity index (χ4n) is 4.08. The first-order valence-electron chi connectivity index (χ1n) is 10.5. The molecule has 154 valence electrons. The monoisotopic (exact) mass is 425 g/mol. The van der Waals surface area contributed by atoms with Crippen LogP contribution < -0.4 is 10.2 Å². The molecule has 3 heterocycles. The summed E-state index contributed by atoms with van der Waals surface area (Å²) in [7, 11) is 0. The van der Waals surface area contributed by atoms with Gasteiger partial charge in [-0.25, -0.2) is 0 Å². The van der Waals surface area contributed by atoms with Crippen LogP contribution in [-0.2, 0) is 6.42 Å². The molecule has 0 unspecified atom stereocenters. The Hall–Kier alpha value is -3.44. The van der Waals surface area contributed by atoms with Gasteiger partial charge in [0.2, 0.25) is 0 Å². The van der Waals surface area contributed by atoms with E-state index in [4.69, 9.17) is 16.6 Å². The number of thiocarbonyl (C=S) groups is 1. The van der Waals surface area contributed by atoms with E-state index in [2.05, 4.69) is 58.5 Å². The largest absolute Gasteiger partial charge is 0.459 e. The summed E-state index contributed by atoms with van der Waals surface area (Å²) in [6.45, 7) is 2.16. The second kappa shape index (κ2) is 8.36. The summed E-state index contributed by atoms with van der Waals surface area (Å²) in [5.74, 6) is 1.69. The molecular formula is C26H23N3OS. The van der Waals surface area contributed by atoms with E-state index in [1.54, 1.807) is 0 Å². The molecule has 4 aromatic rings. The first kappa shape index (κ1) is 19.5. The van der Waals surface area contributed by atoms with Gasteiger partial charge in [-0.3, -0.25) is 4.98 Å². The quantitative estimate of drug-likeness (QED) is 0.392. The van der Waals surface area contributed by atoms with Gasteiger partial charge < -0.3 is 14.6 Å². The fraction of sp³-hybridized carbons (Fsp3) is 0.154. The van der Waals surface area contributed by atoms with E-state index < -0.39 is 0 Å². The van der Waals surface area contributed by atoms with Gasteiger partial charge in [0, 0.05) is 17.4 Å². The van der Waals surface area contributed by atoms with Crippen molar-refractivity contribution >= 4 is 23.0 Å². The SMILES string of the molecule is CCc1ccc(N2C(=S)N[C@H](c3ccccn3)[C@H]2c2ccc(-c3ccccc3)o2)cc1. The van der Waals surface area contributed by atoms with Gasteiger partial charge >= 0.3 is 0 Å². The zero-order valence-corrected chi connectivity index (χ0v) is 18.0. The summed E-state index contributed by atoms with van der Waals surface area (Å²) < 4.78 is 6.38. The lowest BCUT2D eigenvalue weighted by molar-refractivity contribution is 0.439. The van der Waals surface area contributed by atoms with Gasteiger partial charge in [0.15, 0.2) is 5.11 Å². The summed E-state index contributed by atoms with van der Waals surface area (Å²) in [5, 5.41) is 4.15. The number of anilines is 1. The van der Waals surface area contributed by atoms with Crippen LogP contribution in [0.15, 0.2) is 95.5 Å². The zero-order valence-electron chi connectivity index (χ0n) is 17.2. The molecule has 0 bridgehead atoms. The Bertz CT molecular complexity index is 1170. The number of aromatic nitrogens is 1. The smallest absolute Gasteiger partial charge is 0.174 e. The number of nitrogens with zero attached hydrogens (tertiary/aromatic N) is 2. The highest BCUT2D eigenvalue weighted by Gasteiger charge is 2.42. The average molecular weight is 426 g/mol. The Morgan fingerprint density at radius 3 is 2.42 bits per heavy atom. The Morgan fingerprint density at radius 1 is 0.935 bits per heavy atom. The summed E-state index contributed by atoms with van der Waals surface area (Å²) in [6, 6.07) is 28.5. The number of pyridine rings is 1. The maximum atomic E-state index is 6.38. The normalized spacial score (nSPS) is 18.2. The van der Waals surface area contributed by atoms with Crippen LogP contribution >= 0.6 is 12.2 Å². The molecule has 0 amide bonds. The van der Waals surface area contributed by atoms with E-state index in [9.17, 15) is 0 Å². The van der Waals surface area contributed by atoms with E-state index in [1.807, 2.05) is 54.7 Å². The number of hydrogen-bond donors (Lipinski definition) is 1. The lowest BCUT2D eigenvalue weighted by atomic mass is 10.0. The predicted octanol–water partition coefficient (Wildman–Crippen LogP) is 6.08. The fourth-order valence-corrected chi connectivity index (χ4v) is 4.43. The Labute approximate surface area is 187 Å². The van der Waals surface area contributed by atoms with Crippen molar-refractivity contribution in [3.63, 3.8) is 0 Å². The highest BCUT2D eigenvalue weighted by molar-refractivity contribution is 7.80. The number of furan rings is 1. The molecule has 0 saturated carbocycles. The number of rotatable bonds is 5. The van der Waals surface area contributed by atoms with Crippen LogP contribution in [0.2, 0.25) is 0 Å². The minimum Gasteiger partial charge on any atom is -0.459 e. The van der Waals surface area contributed by atoms with Gasteiger partial charge in [0.1, 0.15) is 17.6 Å². The van der Waals surface area contributed by atoms with E-state index in [-0.39, 0.29) is 12.1 Å². The van der Waals surface area contributed by atoms with Gasteiger partial charge in [-0.1, -0.05) is 55.5 Å². The zero-order chi connectivity index (χ0) is 21.2. The van der Waals surface area contributed by atoms with E-state index in [0.717, 1.165) is 34.9 Å². The minimum atomic E-state index is -0.146. The molecule has 2 aromatic carbocycles. The molecule has 0 radical (unpaired) electrons. The van der Waals surface area contributed by atoms with Crippen molar-refractivity contribution in [2.75, 3.05) is 4.90 Å². The van der Waals surface area contributed by atoms with Crippen LogP contribution in [0, 0.1) is 0 Å². The van der Waals surface area contributed by atoms with Gasteiger partial charge in [0.25, 0.3) is 0 Å². The highest BCUT2D eigenvalue weighted by Crippen LogP contribution is 2.42. The molecule has 1 fully saturated rings. The van der Waals surface area contributed by atoms with Gasteiger partial charge in [0.05, 0.1) is 11.7 Å². The van der Waals surface area contributed by atoms with Crippen LogP contribution in [0.3, 0.4) is 0 Å². The van der Waals surface area contributed by atoms with Crippen molar-refractivity contribution < 1.29 is 4.42 Å². The van der Waals surface area contributed by atoms with Crippen molar-refractivity contribution in [1.82, 2.24) is 10.3 Å².